The number of terminal acetylenes is 1. The van der Waals surface area contributed by atoms with E-state index in [4.69, 9.17) is 6.42 Å². The maximum Gasteiger partial charge on any atom is 0.220 e. The molecule has 1 fully saturated rings. The summed E-state index contributed by atoms with van der Waals surface area (Å²) >= 11 is 0. The Morgan fingerprint density at radius 2 is 1.95 bits per heavy atom. The van der Waals surface area contributed by atoms with Crippen LogP contribution >= 0.6 is 0 Å². The number of carbonyl (C=O) groups is 1. The highest BCUT2D eigenvalue weighted by molar-refractivity contribution is 5.76. The maximum absolute atomic E-state index is 12.0. The number of nitrogens with one attached hydrogen (secondary N) is 1. The van der Waals surface area contributed by atoms with Crippen LogP contribution in [0.15, 0.2) is 10.2 Å². The molecule has 0 aromatic rings. The van der Waals surface area contributed by atoms with Crippen molar-refractivity contribution >= 4 is 5.91 Å². The fourth-order valence-corrected chi connectivity index (χ4v) is 3.02. The molecule has 0 aromatic heterocycles. The number of rotatable bonds is 7. The second kappa shape index (κ2) is 7.04. The molecule has 1 amide bonds. The first-order valence-corrected chi connectivity index (χ1v) is 7.88. The minimum absolute atomic E-state index is 0.126. The van der Waals surface area contributed by atoms with Crippen LogP contribution in [0.2, 0.25) is 0 Å². The van der Waals surface area contributed by atoms with E-state index in [1.807, 2.05) is 0 Å². The highest BCUT2D eigenvalue weighted by atomic mass is 16.1. The molecule has 0 saturated heterocycles. The Balaban J connectivity index is 1.63. The molecule has 0 unspecified atom stereocenters. The van der Waals surface area contributed by atoms with E-state index >= 15 is 0 Å². The van der Waals surface area contributed by atoms with Crippen molar-refractivity contribution in [3.05, 3.63) is 0 Å². The van der Waals surface area contributed by atoms with E-state index in [2.05, 4.69) is 40.5 Å². The molecule has 1 saturated carbocycles. The second-order valence-corrected chi connectivity index (χ2v) is 6.42. The molecule has 0 bridgehead atoms. The lowest BCUT2D eigenvalue weighted by atomic mass is 9.90. The van der Waals surface area contributed by atoms with Gasteiger partial charge in [-0.05, 0) is 39.8 Å². The lowest BCUT2D eigenvalue weighted by molar-refractivity contribution is -0.122. The molecule has 2 rings (SSSR count). The van der Waals surface area contributed by atoms with E-state index in [-0.39, 0.29) is 11.6 Å². The van der Waals surface area contributed by atoms with Gasteiger partial charge in [0.2, 0.25) is 5.91 Å². The lowest BCUT2D eigenvalue weighted by Gasteiger charge is -2.33. The number of hydrogen-bond acceptors (Lipinski definition) is 4. The Bertz CT molecular complexity index is 424. The molecule has 5 nitrogen and oxygen atoms in total. The summed E-state index contributed by atoms with van der Waals surface area (Å²) in [7, 11) is 4.25. The molecule has 1 aliphatic carbocycles. The zero-order valence-corrected chi connectivity index (χ0v) is 13.1. The molecule has 1 N–H and O–H groups in total. The molecular weight excluding hydrogens is 264 g/mol. The maximum atomic E-state index is 12.0. The summed E-state index contributed by atoms with van der Waals surface area (Å²) in [5, 5.41) is 11.3. The summed E-state index contributed by atoms with van der Waals surface area (Å²) in [4.78, 5) is 14.3. The van der Waals surface area contributed by atoms with Gasteiger partial charge >= 0.3 is 0 Å². The quantitative estimate of drug-likeness (QED) is 0.732. The van der Waals surface area contributed by atoms with Crippen LogP contribution in [0.25, 0.3) is 0 Å². The standard InChI is InChI=1S/C16H26N4O/c1-4-5-11-16(18-19-16)12-10-15(21)17-13-6-8-14(9-7-13)20(2)3/h1,13-14H,5-12H2,2-3H3,(H,17,21). The smallest absolute Gasteiger partial charge is 0.220 e. The zero-order chi connectivity index (χ0) is 15.3. The van der Waals surface area contributed by atoms with E-state index in [1.165, 1.54) is 0 Å². The number of carbonyl (C=O) groups excluding carboxylic acids is 1. The van der Waals surface area contributed by atoms with E-state index in [0.717, 1.165) is 32.1 Å². The van der Waals surface area contributed by atoms with Gasteiger partial charge in [-0.1, -0.05) is 0 Å². The highest BCUT2D eigenvalue weighted by Gasteiger charge is 2.39. The van der Waals surface area contributed by atoms with Crippen molar-refractivity contribution in [1.82, 2.24) is 10.2 Å². The second-order valence-electron chi connectivity index (χ2n) is 6.42. The van der Waals surface area contributed by atoms with Crippen LogP contribution in [0.3, 0.4) is 0 Å². The molecule has 116 valence electrons. The molecule has 0 radical (unpaired) electrons. The average molecular weight is 290 g/mol. The normalized spacial score (nSPS) is 26.4. The molecule has 21 heavy (non-hydrogen) atoms. The van der Waals surface area contributed by atoms with Gasteiger partial charge in [0.25, 0.3) is 0 Å². The Morgan fingerprint density at radius 1 is 1.29 bits per heavy atom. The fraction of sp³-hybridized carbons (Fsp3) is 0.812. The summed E-state index contributed by atoms with van der Waals surface area (Å²) in [6.07, 6.45) is 12.3. The van der Waals surface area contributed by atoms with Crippen molar-refractivity contribution < 1.29 is 4.79 Å². The third-order valence-electron chi connectivity index (χ3n) is 4.60. The molecular formula is C16H26N4O. The molecule has 1 heterocycles. The SMILES string of the molecule is C#CCCC1(CCC(=O)NC2CCC(N(C)C)CC2)N=N1. The van der Waals surface area contributed by atoms with Gasteiger partial charge in [-0.2, -0.15) is 10.2 Å². The molecule has 0 atom stereocenters. The van der Waals surface area contributed by atoms with Gasteiger partial charge in [-0.15, -0.1) is 12.3 Å². The van der Waals surface area contributed by atoms with E-state index < -0.39 is 0 Å². The molecule has 1 aliphatic heterocycles. The lowest BCUT2D eigenvalue weighted by Crippen LogP contribution is -2.42. The first-order chi connectivity index (χ1) is 10.0. The first-order valence-electron chi connectivity index (χ1n) is 7.88. The van der Waals surface area contributed by atoms with E-state index in [1.54, 1.807) is 0 Å². The van der Waals surface area contributed by atoms with Crippen LogP contribution in [0, 0.1) is 12.3 Å². The Morgan fingerprint density at radius 3 is 2.48 bits per heavy atom. The summed E-state index contributed by atoms with van der Waals surface area (Å²) in [6.45, 7) is 0. The predicted molar refractivity (Wildman–Crippen MR) is 82.8 cm³/mol. The van der Waals surface area contributed by atoms with Gasteiger partial charge in [0.1, 0.15) is 0 Å². The summed E-state index contributed by atoms with van der Waals surface area (Å²) in [5.41, 5.74) is -0.341. The monoisotopic (exact) mass is 290 g/mol. The van der Waals surface area contributed by atoms with Gasteiger partial charge in [0.05, 0.1) is 0 Å². The van der Waals surface area contributed by atoms with Crippen LogP contribution in [0.4, 0.5) is 0 Å². The van der Waals surface area contributed by atoms with Crippen molar-refractivity contribution in [2.45, 2.75) is 69.1 Å². The van der Waals surface area contributed by atoms with Crippen molar-refractivity contribution in [1.29, 1.82) is 0 Å². The van der Waals surface area contributed by atoms with Crippen molar-refractivity contribution in [3.8, 4) is 12.3 Å². The van der Waals surface area contributed by atoms with Crippen molar-refractivity contribution in [2.75, 3.05) is 14.1 Å². The van der Waals surface area contributed by atoms with Gasteiger partial charge < -0.3 is 10.2 Å². The Labute approximate surface area is 127 Å². The predicted octanol–water partition coefficient (Wildman–Crippen LogP) is 2.33. The van der Waals surface area contributed by atoms with Crippen molar-refractivity contribution in [3.63, 3.8) is 0 Å². The molecule has 2 aliphatic rings. The topological polar surface area (TPSA) is 57.1 Å². The third kappa shape index (κ3) is 4.82. The van der Waals surface area contributed by atoms with Crippen molar-refractivity contribution in [2.24, 2.45) is 10.2 Å². The molecule has 0 aromatic carbocycles. The highest BCUT2D eigenvalue weighted by Crippen LogP contribution is 2.37. The van der Waals surface area contributed by atoms with Crippen LogP contribution in [0.5, 0.6) is 0 Å². The number of hydrogen-bond donors (Lipinski definition) is 1. The van der Waals surface area contributed by atoms with E-state index in [0.29, 0.717) is 31.3 Å². The Hall–Kier alpha value is -1.41. The third-order valence-corrected chi connectivity index (χ3v) is 4.60. The summed E-state index contributed by atoms with van der Waals surface area (Å²) in [6, 6.07) is 0.998. The molecule has 0 spiro atoms. The summed E-state index contributed by atoms with van der Waals surface area (Å²) in [5.74, 6) is 2.73. The van der Waals surface area contributed by atoms with Gasteiger partial charge in [-0.25, -0.2) is 0 Å². The van der Waals surface area contributed by atoms with Crippen LogP contribution in [-0.4, -0.2) is 42.6 Å². The van der Waals surface area contributed by atoms with Gasteiger partial charge in [0.15, 0.2) is 5.66 Å². The van der Waals surface area contributed by atoms with Crippen LogP contribution < -0.4 is 5.32 Å². The van der Waals surface area contributed by atoms with E-state index in [9.17, 15) is 4.79 Å². The minimum Gasteiger partial charge on any atom is -0.353 e. The van der Waals surface area contributed by atoms with Crippen LogP contribution in [-0.2, 0) is 4.79 Å². The molecule has 5 heteroatoms. The largest absolute Gasteiger partial charge is 0.353 e. The van der Waals surface area contributed by atoms with Crippen LogP contribution in [0.1, 0.15) is 51.4 Å². The average Bonchev–Trinajstić information content (AvgIpc) is 3.24. The number of amides is 1. The number of nitrogens with zero attached hydrogens (tertiary/aromatic N) is 3. The Kier molecular flexibility index (Phi) is 5.35. The van der Waals surface area contributed by atoms with Gasteiger partial charge in [0, 0.05) is 37.8 Å². The zero-order valence-electron chi connectivity index (χ0n) is 13.1. The minimum atomic E-state index is -0.341. The summed E-state index contributed by atoms with van der Waals surface area (Å²) < 4.78 is 0. The van der Waals surface area contributed by atoms with Gasteiger partial charge in [-0.3, -0.25) is 4.79 Å². The first kappa shape index (κ1) is 16.0. The fourth-order valence-electron chi connectivity index (χ4n) is 3.02.